The van der Waals surface area contributed by atoms with Gasteiger partial charge in [0.05, 0.1) is 12.0 Å². The van der Waals surface area contributed by atoms with Crippen LogP contribution in [0.25, 0.3) is 0 Å². The zero-order valence-electron chi connectivity index (χ0n) is 10.1. The van der Waals surface area contributed by atoms with Crippen LogP contribution < -0.4 is 5.32 Å². The minimum Gasteiger partial charge on any atom is -0.481 e. The number of rotatable bonds is 6. The van der Waals surface area contributed by atoms with Crippen molar-refractivity contribution in [2.24, 2.45) is 0 Å². The third-order valence-electron chi connectivity index (χ3n) is 2.52. The Bertz CT molecular complexity index is 469. The van der Waals surface area contributed by atoms with Gasteiger partial charge in [0.1, 0.15) is 6.07 Å². The quantitative estimate of drug-likeness (QED) is 0.844. The van der Waals surface area contributed by atoms with Gasteiger partial charge in [0.2, 0.25) is 0 Å². The summed E-state index contributed by atoms with van der Waals surface area (Å²) in [4.78, 5) is 10.7. The molecule has 0 bridgehead atoms. The number of aliphatic carboxylic acids is 1. The number of anilines is 1. The Balaban J connectivity index is 2.77. The number of halogens is 1. The molecule has 1 rings (SSSR count). The molecule has 0 spiro atoms. The second kappa shape index (κ2) is 7.02. The Hall–Kier alpha value is -1.54. The van der Waals surface area contributed by atoms with Crippen LogP contribution in [0.2, 0.25) is 0 Å². The van der Waals surface area contributed by atoms with Gasteiger partial charge in [-0.2, -0.15) is 5.26 Å². The molecule has 0 aliphatic rings. The van der Waals surface area contributed by atoms with Crippen molar-refractivity contribution in [1.29, 1.82) is 5.26 Å². The van der Waals surface area contributed by atoms with Gasteiger partial charge in [0, 0.05) is 16.2 Å². The molecule has 0 saturated heterocycles. The van der Waals surface area contributed by atoms with E-state index in [-0.39, 0.29) is 12.5 Å². The summed E-state index contributed by atoms with van der Waals surface area (Å²) in [5.74, 6) is -0.811. The number of hydrogen-bond donors (Lipinski definition) is 2. The molecule has 0 saturated carbocycles. The van der Waals surface area contributed by atoms with Gasteiger partial charge in [-0.1, -0.05) is 13.3 Å². The van der Waals surface area contributed by atoms with E-state index in [1.807, 2.05) is 6.92 Å². The zero-order valence-corrected chi connectivity index (χ0v) is 11.7. The Morgan fingerprint density at radius 3 is 2.83 bits per heavy atom. The van der Waals surface area contributed by atoms with Gasteiger partial charge in [-0.3, -0.25) is 4.79 Å². The van der Waals surface area contributed by atoms with Crippen LogP contribution in [0.15, 0.2) is 22.7 Å². The van der Waals surface area contributed by atoms with E-state index in [0.717, 1.165) is 18.5 Å². The van der Waals surface area contributed by atoms with Crippen LogP contribution >= 0.6 is 15.9 Å². The van der Waals surface area contributed by atoms with Crippen molar-refractivity contribution in [3.05, 3.63) is 28.2 Å². The maximum Gasteiger partial charge on any atom is 0.305 e. The number of hydrogen-bond acceptors (Lipinski definition) is 3. The highest BCUT2D eigenvalue weighted by Gasteiger charge is 2.12. The number of carbonyl (C=O) groups is 1. The van der Waals surface area contributed by atoms with Crippen molar-refractivity contribution < 1.29 is 9.90 Å². The van der Waals surface area contributed by atoms with Gasteiger partial charge < -0.3 is 10.4 Å². The van der Waals surface area contributed by atoms with Gasteiger partial charge >= 0.3 is 5.97 Å². The molecule has 0 heterocycles. The predicted molar refractivity (Wildman–Crippen MR) is 73.4 cm³/mol. The molecule has 2 N–H and O–H groups in total. The van der Waals surface area contributed by atoms with Crippen LogP contribution in [0.5, 0.6) is 0 Å². The molecule has 1 unspecified atom stereocenters. The number of nitrogens with zero attached hydrogens (tertiary/aromatic N) is 1. The number of nitriles is 1. The summed E-state index contributed by atoms with van der Waals surface area (Å²) in [5, 5.41) is 20.8. The highest BCUT2D eigenvalue weighted by molar-refractivity contribution is 9.10. The lowest BCUT2D eigenvalue weighted by Crippen LogP contribution is -2.22. The summed E-state index contributed by atoms with van der Waals surface area (Å²) in [6.07, 6.45) is 1.80. The van der Waals surface area contributed by atoms with Crippen molar-refractivity contribution in [1.82, 2.24) is 0 Å². The molecule has 1 aromatic rings. The van der Waals surface area contributed by atoms with E-state index < -0.39 is 5.97 Å². The molecule has 0 amide bonds. The van der Waals surface area contributed by atoms with Gasteiger partial charge in [0.15, 0.2) is 0 Å². The van der Waals surface area contributed by atoms with E-state index in [4.69, 9.17) is 10.4 Å². The smallest absolute Gasteiger partial charge is 0.305 e. The molecule has 0 aliphatic carbocycles. The average molecular weight is 311 g/mol. The molecule has 18 heavy (non-hydrogen) atoms. The van der Waals surface area contributed by atoms with E-state index in [2.05, 4.69) is 27.3 Å². The fourth-order valence-corrected chi connectivity index (χ4v) is 2.18. The monoisotopic (exact) mass is 310 g/mol. The minimum atomic E-state index is -0.811. The summed E-state index contributed by atoms with van der Waals surface area (Å²) in [6, 6.07) is 7.26. The second-order valence-corrected chi connectivity index (χ2v) is 4.89. The van der Waals surface area contributed by atoms with E-state index in [1.54, 1.807) is 18.2 Å². The SMILES string of the molecule is CCCC(CC(=O)O)Nc1ccc(C#N)c(Br)c1. The molecule has 1 atom stereocenters. The highest BCUT2D eigenvalue weighted by Crippen LogP contribution is 2.22. The second-order valence-electron chi connectivity index (χ2n) is 4.03. The van der Waals surface area contributed by atoms with Crippen molar-refractivity contribution in [2.45, 2.75) is 32.2 Å². The van der Waals surface area contributed by atoms with E-state index in [1.165, 1.54) is 0 Å². The molecule has 4 nitrogen and oxygen atoms in total. The lowest BCUT2D eigenvalue weighted by atomic mass is 10.1. The summed E-state index contributed by atoms with van der Waals surface area (Å²) in [6.45, 7) is 2.02. The Morgan fingerprint density at radius 2 is 2.33 bits per heavy atom. The van der Waals surface area contributed by atoms with Crippen LogP contribution in [0.4, 0.5) is 5.69 Å². The maximum atomic E-state index is 10.7. The fourth-order valence-electron chi connectivity index (χ4n) is 1.72. The third-order valence-corrected chi connectivity index (χ3v) is 3.17. The largest absolute Gasteiger partial charge is 0.481 e. The minimum absolute atomic E-state index is 0.0888. The fraction of sp³-hybridized carbons (Fsp3) is 0.385. The summed E-state index contributed by atoms with van der Waals surface area (Å²) >= 11 is 3.31. The number of carboxylic acid groups (broad SMARTS) is 1. The molecular weight excluding hydrogens is 296 g/mol. The Kier molecular flexibility index (Phi) is 5.66. The van der Waals surface area contributed by atoms with Gasteiger partial charge in [-0.05, 0) is 40.5 Å². The predicted octanol–water partition coefficient (Wildman–Crippen LogP) is 3.38. The summed E-state index contributed by atoms with van der Waals surface area (Å²) < 4.78 is 0.709. The third kappa shape index (κ3) is 4.38. The van der Waals surface area contributed by atoms with E-state index in [0.29, 0.717) is 10.0 Å². The van der Waals surface area contributed by atoms with Crippen LogP contribution in [-0.4, -0.2) is 17.1 Å². The molecular formula is C13H15BrN2O2. The normalized spacial score (nSPS) is 11.6. The first-order valence-corrected chi connectivity index (χ1v) is 6.54. The van der Waals surface area contributed by atoms with Crippen LogP contribution in [0, 0.1) is 11.3 Å². The molecule has 0 fully saturated rings. The summed E-state index contributed by atoms with van der Waals surface area (Å²) in [5.41, 5.74) is 1.38. The molecule has 5 heteroatoms. The number of benzene rings is 1. The number of nitrogens with one attached hydrogen (secondary N) is 1. The molecule has 0 radical (unpaired) electrons. The molecule has 0 aromatic heterocycles. The first kappa shape index (κ1) is 14.5. The van der Waals surface area contributed by atoms with Crippen molar-refractivity contribution >= 4 is 27.6 Å². The van der Waals surface area contributed by atoms with Gasteiger partial charge in [0.25, 0.3) is 0 Å². The summed E-state index contributed by atoms with van der Waals surface area (Å²) in [7, 11) is 0. The van der Waals surface area contributed by atoms with Crippen LogP contribution in [0.3, 0.4) is 0 Å². The Morgan fingerprint density at radius 1 is 1.61 bits per heavy atom. The highest BCUT2D eigenvalue weighted by atomic mass is 79.9. The number of carboxylic acids is 1. The maximum absolute atomic E-state index is 10.7. The van der Waals surface area contributed by atoms with Crippen LogP contribution in [-0.2, 0) is 4.79 Å². The van der Waals surface area contributed by atoms with Crippen molar-refractivity contribution in [2.75, 3.05) is 5.32 Å². The molecule has 0 aliphatic heterocycles. The molecule has 1 aromatic carbocycles. The van der Waals surface area contributed by atoms with Gasteiger partial charge in [-0.15, -0.1) is 0 Å². The van der Waals surface area contributed by atoms with Crippen molar-refractivity contribution in [3.63, 3.8) is 0 Å². The zero-order chi connectivity index (χ0) is 13.5. The van der Waals surface area contributed by atoms with Gasteiger partial charge in [-0.25, -0.2) is 0 Å². The van der Waals surface area contributed by atoms with Crippen molar-refractivity contribution in [3.8, 4) is 6.07 Å². The van der Waals surface area contributed by atoms with E-state index >= 15 is 0 Å². The first-order valence-electron chi connectivity index (χ1n) is 5.74. The lowest BCUT2D eigenvalue weighted by Gasteiger charge is -2.17. The average Bonchev–Trinajstić information content (AvgIpc) is 2.28. The van der Waals surface area contributed by atoms with Crippen LogP contribution in [0.1, 0.15) is 31.7 Å². The van der Waals surface area contributed by atoms with E-state index in [9.17, 15) is 4.79 Å². The topological polar surface area (TPSA) is 73.1 Å². The standard InChI is InChI=1S/C13H15BrN2O2/c1-2-3-10(7-13(17)18)16-11-5-4-9(8-15)12(14)6-11/h4-6,10,16H,2-3,7H2,1H3,(H,17,18). The Labute approximate surface area is 115 Å². The molecule has 96 valence electrons. The first-order chi connectivity index (χ1) is 8.56. The lowest BCUT2D eigenvalue weighted by molar-refractivity contribution is -0.137.